The molecule has 0 saturated carbocycles. The van der Waals surface area contributed by atoms with Crippen molar-refractivity contribution in [3.63, 3.8) is 0 Å². The van der Waals surface area contributed by atoms with Crippen LogP contribution in [0.4, 0.5) is 18.9 Å². The van der Waals surface area contributed by atoms with Crippen molar-refractivity contribution in [1.82, 2.24) is 4.98 Å². The van der Waals surface area contributed by atoms with Crippen molar-refractivity contribution < 1.29 is 22.7 Å². The molecule has 0 unspecified atom stereocenters. The molecule has 0 spiro atoms. The topological polar surface area (TPSA) is 54.1 Å². The summed E-state index contributed by atoms with van der Waals surface area (Å²) in [6, 6.07) is 9.85. The average Bonchev–Trinajstić information content (AvgIpc) is 2.98. The molecule has 0 bridgehead atoms. The number of rotatable bonds is 3. The van der Waals surface area contributed by atoms with E-state index in [4.69, 9.17) is 16.3 Å². The Morgan fingerprint density at radius 3 is 2.60 bits per heavy atom. The number of H-pyrrole nitrogens is 1. The molecule has 0 saturated heterocycles. The summed E-state index contributed by atoms with van der Waals surface area (Å²) in [4.78, 5) is 15.2. The molecule has 1 heterocycles. The van der Waals surface area contributed by atoms with Gasteiger partial charge in [0, 0.05) is 15.9 Å². The van der Waals surface area contributed by atoms with Crippen LogP contribution in [0.2, 0.25) is 5.02 Å². The minimum Gasteiger partial charge on any atom is -0.497 e. The number of methoxy groups -OCH3 is 1. The van der Waals surface area contributed by atoms with Gasteiger partial charge in [-0.15, -0.1) is 0 Å². The van der Waals surface area contributed by atoms with E-state index in [1.54, 1.807) is 18.2 Å². The molecule has 0 atom stereocenters. The molecule has 130 valence electrons. The van der Waals surface area contributed by atoms with Gasteiger partial charge in [-0.1, -0.05) is 11.6 Å². The van der Waals surface area contributed by atoms with Crippen LogP contribution in [0, 0.1) is 0 Å². The van der Waals surface area contributed by atoms with E-state index in [1.807, 2.05) is 0 Å². The number of fused-ring (bicyclic) bond motifs is 1. The Morgan fingerprint density at radius 1 is 1.16 bits per heavy atom. The van der Waals surface area contributed by atoms with Gasteiger partial charge in [0.2, 0.25) is 0 Å². The second-order valence-corrected chi connectivity index (χ2v) is 5.71. The predicted molar refractivity (Wildman–Crippen MR) is 89.3 cm³/mol. The highest BCUT2D eigenvalue weighted by Crippen LogP contribution is 2.36. The Morgan fingerprint density at radius 2 is 1.92 bits per heavy atom. The monoisotopic (exact) mass is 368 g/mol. The van der Waals surface area contributed by atoms with Gasteiger partial charge in [0.05, 0.1) is 18.4 Å². The Balaban J connectivity index is 1.93. The predicted octanol–water partition coefficient (Wildman–Crippen LogP) is 5.10. The maximum Gasteiger partial charge on any atom is 0.418 e. The Labute approximate surface area is 145 Å². The lowest BCUT2D eigenvalue weighted by Gasteiger charge is -2.13. The Kier molecular flexibility index (Phi) is 4.34. The number of alkyl halides is 3. The molecular formula is C17H12ClF3N2O2. The summed E-state index contributed by atoms with van der Waals surface area (Å²) in [7, 11) is 1.51. The molecule has 2 N–H and O–H groups in total. The summed E-state index contributed by atoms with van der Waals surface area (Å²) in [5.41, 5.74) is -0.575. The second kappa shape index (κ2) is 6.33. The molecule has 0 fully saturated rings. The first-order valence-corrected chi connectivity index (χ1v) is 7.50. The fraction of sp³-hybridized carbons (Fsp3) is 0.118. The molecule has 3 aromatic rings. The molecule has 2 aromatic carbocycles. The lowest BCUT2D eigenvalue weighted by atomic mass is 10.1. The highest BCUT2D eigenvalue weighted by Gasteiger charge is 2.34. The van der Waals surface area contributed by atoms with Crippen molar-refractivity contribution in [3.05, 3.63) is 58.7 Å². The number of halogens is 4. The summed E-state index contributed by atoms with van der Waals surface area (Å²) >= 11 is 5.63. The number of anilines is 1. The van der Waals surface area contributed by atoms with E-state index >= 15 is 0 Å². The number of ether oxygens (including phenoxy) is 1. The first kappa shape index (κ1) is 17.2. The van der Waals surface area contributed by atoms with Gasteiger partial charge in [-0.05, 0) is 42.5 Å². The van der Waals surface area contributed by atoms with Crippen molar-refractivity contribution in [2.75, 3.05) is 12.4 Å². The minimum absolute atomic E-state index is 0.0666. The third-order valence-electron chi connectivity index (χ3n) is 3.61. The zero-order chi connectivity index (χ0) is 18.2. The largest absolute Gasteiger partial charge is 0.497 e. The fourth-order valence-corrected chi connectivity index (χ4v) is 2.58. The van der Waals surface area contributed by atoms with Crippen molar-refractivity contribution in [1.29, 1.82) is 0 Å². The van der Waals surface area contributed by atoms with Gasteiger partial charge in [0.25, 0.3) is 5.91 Å². The van der Waals surface area contributed by atoms with Gasteiger partial charge in [0.1, 0.15) is 11.4 Å². The molecule has 25 heavy (non-hydrogen) atoms. The first-order chi connectivity index (χ1) is 11.8. The van der Waals surface area contributed by atoms with Crippen LogP contribution in [-0.2, 0) is 6.18 Å². The van der Waals surface area contributed by atoms with E-state index < -0.39 is 17.6 Å². The first-order valence-electron chi connectivity index (χ1n) is 7.13. The number of benzene rings is 2. The summed E-state index contributed by atoms with van der Waals surface area (Å²) in [5, 5.41) is 2.91. The number of carbonyl (C=O) groups is 1. The normalized spacial score (nSPS) is 11.6. The van der Waals surface area contributed by atoms with Gasteiger partial charge in [-0.25, -0.2) is 0 Å². The Bertz CT molecular complexity index is 951. The van der Waals surface area contributed by atoms with Gasteiger partial charge in [-0.3, -0.25) is 4.79 Å². The van der Waals surface area contributed by atoms with Crippen molar-refractivity contribution in [2.24, 2.45) is 0 Å². The van der Waals surface area contributed by atoms with E-state index in [0.717, 1.165) is 12.1 Å². The van der Waals surface area contributed by atoms with Crippen LogP contribution in [0.5, 0.6) is 5.75 Å². The number of hydrogen-bond donors (Lipinski definition) is 2. The van der Waals surface area contributed by atoms with Gasteiger partial charge < -0.3 is 15.0 Å². The zero-order valence-corrected chi connectivity index (χ0v) is 13.6. The van der Waals surface area contributed by atoms with Crippen molar-refractivity contribution in [3.8, 4) is 5.75 Å². The van der Waals surface area contributed by atoms with Crippen LogP contribution in [0.3, 0.4) is 0 Å². The van der Waals surface area contributed by atoms with Crippen LogP contribution >= 0.6 is 11.6 Å². The van der Waals surface area contributed by atoms with Gasteiger partial charge in [0.15, 0.2) is 0 Å². The number of aromatic amines is 1. The minimum atomic E-state index is -4.64. The smallest absolute Gasteiger partial charge is 0.418 e. The molecule has 1 aromatic heterocycles. The molecule has 0 aliphatic carbocycles. The van der Waals surface area contributed by atoms with E-state index in [-0.39, 0.29) is 16.4 Å². The van der Waals surface area contributed by atoms with E-state index in [0.29, 0.717) is 16.7 Å². The summed E-state index contributed by atoms with van der Waals surface area (Å²) in [6.45, 7) is 0. The molecule has 0 radical (unpaired) electrons. The SMILES string of the molecule is COc1ccc2[nH]c(C(=O)Nc3ccc(Cl)cc3C(F)(F)F)cc2c1. The number of aromatic nitrogens is 1. The molecular weight excluding hydrogens is 357 g/mol. The maximum absolute atomic E-state index is 13.1. The van der Waals surface area contributed by atoms with Crippen LogP contribution in [0.1, 0.15) is 16.1 Å². The fourth-order valence-electron chi connectivity index (χ4n) is 2.41. The third kappa shape index (κ3) is 3.56. The maximum atomic E-state index is 13.1. The van der Waals surface area contributed by atoms with Crippen molar-refractivity contribution >= 4 is 34.1 Å². The highest BCUT2D eigenvalue weighted by atomic mass is 35.5. The van der Waals surface area contributed by atoms with Crippen molar-refractivity contribution in [2.45, 2.75) is 6.18 Å². The third-order valence-corrected chi connectivity index (χ3v) is 3.84. The quantitative estimate of drug-likeness (QED) is 0.675. The standard InChI is InChI=1S/C17H12ClF3N2O2/c1-25-11-3-5-13-9(6-11)7-15(22-13)16(24)23-14-4-2-10(18)8-12(14)17(19,20)21/h2-8,22H,1H3,(H,23,24). The van der Waals surface area contributed by atoms with Crippen LogP contribution < -0.4 is 10.1 Å². The molecule has 1 amide bonds. The lowest BCUT2D eigenvalue weighted by molar-refractivity contribution is -0.136. The molecule has 4 nitrogen and oxygen atoms in total. The number of nitrogens with one attached hydrogen (secondary N) is 2. The van der Waals surface area contributed by atoms with Crippen LogP contribution in [0.25, 0.3) is 10.9 Å². The Hall–Kier alpha value is -2.67. The summed E-state index contributed by atoms with van der Waals surface area (Å²) in [6.07, 6.45) is -4.64. The van der Waals surface area contributed by atoms with Gasteiger partial charge >= 0.3 is 6.18 Å². The second-order valence-electron chi connectivity index (χ2n) is 5.28. The van der Waals surface area contributed by atoms with Crippen LogP contribution in [-0.4, -0.2) is 18.0 Å². The summed E-state index contributed by atoms with van der Waals surface area (Å²) < 4.78 is 44.4. The molecule has 0 aliphatic rings. The van der Waals surface area contributed by atoms with Gasteiger partial charge in [-0.2, -0.15) is 13.2 Å². The molecule has 8 heteroatoms. The number of amides is 1. The number of hydrogen-bond acceptors (Lipinski definition) is 2. The van der Waals surface area contributed by atoms with E-state index in [2.05, 4.69) is 10.3 Å². The van der Waals surface area contributed by atoms with E-state index in [1.165, 1.54) is 19.2 Å². The molecule has 3 rings (SSSR count). The van der Waals surface area contributed by atoms with Crippen LogP contribution in [0.15, 0.2) is 42.5 Å². The summed E-state index contributed by atoms with van der Waals surface area (Å²) in [5.74, 6) is -0.0847. The lowest BCUT2D eigenvalue weighted by Crippen LogP contribution is -2.17. The van der Waals surface area contributed by atoms with E-state index in [9.17, 15) is 18.0 Å². The zero-order valence-electron chi connectivity index (χ0n) is 12.9. The average molecular weight is 369 g/mol. The molecule has 0 aliphatic heterocycles. The highest BCUT2D eigenvalue weighted by molar-refractivity contribution is 6.30. The number of carbonyl (C=O) groups excluding carboxylic acids is 1.